The second-order valence-corrected chi connectivity index (χ2v) is 7.27. The number of nitrogens with one attached hydrogen (secondary N) is 1. The third kappa shape index (κ3) is 3.18. The van der Waals surface area contributed by atoms with E-state index in [2.05, 4.69) is 57.3 Å². The third-order valence-electron chi connectivity index (χ3n) is 5.42. The fraction of sp³-hybridized carbons (Fsp3) is 0.579. The first-order valence-electron chi connectivity index (χ1n) is 8.95. The molecule has 1 heterocycles. The zero-order valence-electron chi connectivity index (χ0n) is 14.0. The van der Waals surface area contributed by atoms with E-state index < -0.39 is 0 Å². The number of rotatable bonds is 6. The van der Waals surface area contributed by atoms with Gasteiger partial charge in [0, 0.05) is 11.6 Å². The van der Waals surface area contributed by atoms with Crippen LogP contribution < -0.4 is 5.32 Å². The maximum atomic E-state index is 4.43. The minimum absolute atomic E-state index is 0.232. The summed E-state index contributed by atoms with van der Waals surface area (Å²) in [5.74, 6) is 2.18. The molecule has 2 aliphatic rings. The number of aryl methyl sites for hydroxylation is 1. The first-order chi connectivity index (χ1) is 11.3. The Morgan fingerprint density at radius 2 is 1.87 bits per heavy atom. The zero-order valence-corrected chi connectivity index (χ0v) is 14.0. The molecule has 1 aromatic heterocycles. The number of benzene rings is 1. The lowest BCUT2D eigenvalue weighted by Gasteiger charge is -2.31. The molecule has 0 aliphatic heterocycles. The van der Waals surface area contributed by atoms with Crippen LogP contribution in [0.15, 0.2) is 30.3 Å². The van der Waals surface area contributed by atoms with Crippen LogP contribution in [0.3, 0.4) is 0 Å². The molecule has 4 nitrogen and oxygen atoms in total. The van der Waals surface area contributed by atoms with E-state index >= 15 is 0 Å². The summed E-state index contributed by atoms with van der Waals surface area (Å²) in [5.41, 5.74) is 1.66. The van der Waals surface area contributed by atoms with Gasteiger partial charge in [-0.25, -0.2) is 0 Å². The molecule has 0 bridgehead atoms. The lowest BCUT2D eigenvalue weighted by Crippen LogP contribution is -2.44. The van der Waals surface area contributed by atoms with Gasteiger partial charge in [0.25, 0.3) is 0 Å². The fourth-order valence-electron chi connectivity index (χ4n) is 4.06. The molecule has 0 spiro atoms. The highest BCUT2D eigenvalue weighted by molar-refractivity contribution is 5.19. The van der Waals surface area contributed by atoms with Crippen LogP contribution in [-0.2, 0) is 13.0 Å². The van der Waals surface area contributed by atoms with E-state index in [0.717, 1.165) is 24.6 Å². The SMILES string of the molecule is Cc1nnc(CNC2(Cc3ccccc3)CCCC2)n1C1CC1. The van der Waals surface area contributed by atoms with Crippen molar-refractivity contribution in [3.63, 3.8) is 0 Å². The van der Waals surface area contributed by atoms with Gasteiger partial charge in [-0.15, -0.1) is 10.2 Å². The Balaban J connectivity index is 1.49. The molecule has 1 aromatic carbocycles. The topological polar surface area (TPSA) is 42.7 Å². The average Bonchev–Trinajstić information content (AvgIpc) is 3.18. The van der Waals surface area contributed by atoms with Gasteiger partial charge >= 0.3 is 0 Å². The summed E-state index contributed by atoms with van der Waals surface area (Å²) in [6.45, 7) is 2.91. The van der Waals surface area contributed by atoms with Crippen molar-refractivity contribution < 1.29 is 0 Å². The molecule has 2 aromatic rings. The first kappa shape index (κ1) is 14.9. The normalized spacial score (nSPS) is 20.0. The lowest BCUT2D eigenvalue weighted by atomic mass is 9.89. The highest BCUT2D eigenvalue weighted by Crippen LogP contribution is 2.37. The lowest BCUT2D eigenvalue weighted by molar-refractivity contribution is 0.320. The Labute approximate surface area is 138 Å². The Hall–Kier alpha value is -1.68. The number of aromatic nitrogens is 3. The van der Waals surface area contributed by atoms with E-state index in [0.29, 0.717) is 6.04 Å². The van der Waals surface area contributed by atoms with Crippen molar-refractivity contribution in [1.29, 1.82) is 0 Å². The van der Waals surface area contributed by atoms with Gasteiger partial charge in [-0.1, -0.05) is 43.2 Å². The minimum atomic E-state index is 0.232. The van der Waals surface area contributed by atoms with Crippen LogP contribution in [0.5, 0.6) is 0 Å². The van der Waals surface area contributed by atoms with Crippen molar-refractivity contribution in [2.75, 3.05) is 0 Å². The summed E-state index contributed by atoms with van der Waals surface area (Å²) in [6.07, 6.45) is 8.85. The Bertz CT molecular complexity index is 651. The summed E-state index contributed by atoms with van der Waals surface area (Å²) < 4.78 is 2.35. The van der Waals surface area contributed by atoms with Crippen molar-refractivity contribution in [1.82, 2.24) is 20.1 Å². The smallest absolute Gasteiger partial charge is 0.147 e. The summed E-state index contributed by atoms with van der Waals surface area (Å²) in [6, 6.07) is 11.5. The predicted octanol–water partition coefficient (Wildman–Crippen LogP) is 3.57. The van der Waals surface area contributed by atoms with E-state index in [1.54, 1.807) is 0 Å². The van der Waals surface area contributed by atoms with Crippen molar-refractivity contribution in [3.8, 4) is 0 Å². The molecular weight excluding hydrogens is 284 g/mol. The highest BCUT2D eigenvalue weighted by Gasteiger charge is 2.34. The molecule has 4 heteroatoms. The number of hydrogen-bond donors (Lipinski definition) is 1. The Kier molecular flexibility index (Phi) is 3.93. The fourth-order valence-corrected chi connectivity index (χ4v) is 4.06. The molecule has 2 saturated carbocycles. The maximum Gasteiger partial charge on any atom is 0.147 e. The summed E-state index contributed by atoms with van der Waals surface area (Å²) in [4.78, 5) is 0. The number of nitrogens with zero attached hydrogens (tertiary/aromatic N) is 3. The van der Waals surface area contributed by atoms with Gasteiger partial charge in [-0.05, 0) is 44.6 Å². The molecule has 23 heavy (non-hydrogen) atoms. The van der Waals surface area contributed by atoms with Gasteiger partial charge in [0.15, 0.2) is 0 Å². The highest BCUT2D eigenvalue weighted by atomic mass is 15.3. The van der Waals surface area contributed by atoms with E-state index in [9.17, 15) is 0 Å². The molecule has 0 atom stereocenters. The van der Waals surface area contributed by atoms with Crippen LogP contribution in [0, 0.1) is 6.92 Å². The zero-order chi connectivity index (χ0) is 15.7. The van der Waals surface area contributed by atoms with E-state index in [1.807, 2.05) is 0 Å². The maximum absolute atomic E-state index is 4.43. The third-order valence-corrected chi connectivity index (χ3v) is 5.42. The van der Waals surface area contributed by atoms with Crippen LogP contribution in [0.2, 0.25) is 0 Å². The van der Waals surface area contributed by atoms with Gasteiger partial charge in [-0.2, -0.15) is 0 Å². The molecule has 0 saturated heterocycles. The molecule has 0 amide bonds. The van der Waals surface area contributed by atoms with Gasteiger partial charge < -0.3 is 9.88 Å². The average molecular weight is 310 g/mol. The first-order valence-corrected chi connectivity index (χ1v) is 8.95. The summed E-state index contributed by atoms with van der Waals surface area (Å²) >= 11 is 0. The van der Waals surface area contributed by atoms with E-state index in [-0.39, 0.29) is 5.54 Å². The van der Waals surface area contributed by atoms with Crippen molar-refractivity contribution in [2.45, 2.75) is 70.0 Å². The predicted molar refractivity (Wildman–Crippen MR) is 91.2 cm³/mol. The van der Waals surface area contributed by atoms with Crippen LogP contribution in [0.4, 0.5) is 0 Å². The summed E-state index contributed by atoms with van der Waals surface area (Å²) in [5, 5.41) is 12.6. The molecule has 4 rings (SSSR count). The molecule has 2 fully saturated rings. The monoisotopic (exact) mass is 310 g/mol. The number of hydrogen-bond acceptors (Lipinski definition) is 3. The second kappa shape index (κ2) is 6.08. The van der Waals surface area contributed by atoms with Crippen LogP contribution in [0.1, 0.15) is 61.8 Å². The van der Waals surface area contributed by atoms with Crippen molar-refractivity contribution >= 4 is 0 Å². The van der Waals surface area contributed by atoms with Crippen molar-refractivity contribution in [2.24, 2.45) is 0 Å². The van der Waals surface area contributed by atoms with Gasteiger partial charge in [0.05, 0.1) is 6.54 Å². The van der Waals surface area contributed by atoms with E-state index in [4.69, 9.17) is 0 Å². The van der Waals surface area contributed by atoms with E-state index in [1.165, 1.54) is 44.1 Å². The molecular formula is C19H26N4. The van der Waals surface area contributed by atoms with Crippen LogP contribution >= 0.6 is 0 Å². The van der Waals surface area contributed by atoms with Gasteiger partial charge in [0.2, 0.25) is 0 Å². The minimum Gasteiger partial charge on any atom is -0.311 e. The molecule has 0 unspecified atom stereocenters. The molecule has 122 valence electrons. The molecule has 2 aliphatic carbocycles. The largest absolute Gasteiger partial charge is 0.311 e. The Morgan fingerprint density at radius 3 is 2.57 bits per heavy atom. The standard InChI is InChI=1S/C19H26N4/c1-15-21-22-18(23(15)17-9-10-17)14-20-19(11-5-6-12-19)13-16-7-3-2-4-8-16/h2-4,7-8,17,20H,5-6,9-14H2,1H3. The van der Waals surface area contributed by atoms with Crippen LogP contribution in [-0.4, -0.2) is 20.3 Å². The summed E-state index contributed by atoms with van der Waals surface area (Å²) in [7, 11) is 0. The molecule has 1 N–H and O–H groups in total. The quantitative estimate of drug-likeness (QED) is 0.887. The van der Waals surface area contributed by atoms with Gasteiger partial charge in [0.1, 0.15) is 11.6 Å². The molecule has 0 radical (unpaired) electrons. The van der Waals surface area contributed by atoms with Crippen LogP contribution in [0.25, 0.3) is 0 Å². The second-order valence-electron chi connectivity index (χ2n) is 7.27. The Morgan fingerprint density at radius 1 is 1.13 bits per heavy atom. The van der Waals surface area contributed by atoms with Gasteiger partial charge in [-0.3, -0.25) is 0 Å². The van der Waals surface area contributed by atoms with Crippen molar-refractivity contribution in [3.05, 3.63) is 47.5 Å².